The zero-order chi connectivity index (χ0) is 15.2. The molecule has 0 saturated carbocycles. The van der Waals surface area contributed by atoms with Gasteiger partial charge >= 0.3 is 0 Å². The Morgan fingerprint density at radius 3 is 2.50 bits per heavy atom. The Kier molecular flexibility index (Phi) is 6.43. The minimum Gasteiger partial charge on any atom is -0.396 e. The summed E-state index contributed by atoms with van der Waals surface area (Å²) in [6.45, 7) is 10.2. The highest BCUT2D eigenvalue weighted by Crippen LogP contribution is 2.29. The molecule has 0 radical (unpaired) electrons. The van der Waals surface area contributed by atoms with Crippen molar-refractivity contribution < 1.29 is 14.6 Å². The molecule has 0 bridgehead atoms. The summed E-state index contributed by atoms with van der Waals surface area (Å²) in [4.78, 5) is 11.2. The molecule has 5 nitrogen and oxygen atoms in total. The Morgan fingerprint density at radius 2 is 2.00 bits per heavy atom. The largest absolute Gasteiger partial charge is 0.396 e. The highest BCUT2D eigenvalue weighted by atomic mass is 16.5. The quantitative estimate of drug-likeness (QED) is 0.654. The van der Waals surface area contributed by atoms with Crippen LogP contribution in [0.4, 0.5) is 0 Å². The van der Waals surface area contributed by atoms with Gasteiger partial charge in [0, 0.05) is 43.7 Å². The second-order valence-corrected chi connectivity index (χ2v) is 6.82. The lowest BCUT2D eigenvalue weighted by molar-refractivity contribution is -0.120. The Bertz CT molecular complexity index is 312. The van der Waals surface area contributed by atoms with Crippen LogP contribution in [0.5, 0.6) is 0 Å². The molecule has 1 saturated heterocycles. The van der Waals surface area contributed by atoms with Crippen LogP contribution in [0.2, 0.25) is 0 Å². The third-order valence-corrected chi connectivity index (χ3v) is 4.05. The van der Waals surface area contributed by atoms with Crippen molar-refractivity contribution in [3.63, 3.8) is 0 Å². The summed E-state index contributed by atoms with van der Waals surface area (Å²) in [5.41, 5.74) is -0.273. The molecule has 3 N–H and O–H groups in total. The van der Waals surface area contributed by atoms with Crippen LogP contribution in [0.1, 0.15) is 47.0 Å². The Labute approximate surface area is 122 Å². The van der Waals surface area contributed by atoms with E-state index >= 15 is 0 Å². The molecular formula is C15H30N2O3. The highest BCUT2D eigenvalue weighted by molar-refractivity contribution is 5.73. The van der Waals surface area contributed by atoms with Crippen LogP contribution in [0.3, 0.4) is 0 Å². The topological polar surface area (TPSA) is 70.6 Å². The first-order chi connectivity index (χ1) is 9.29. The second kappa shape index (κ2) is 7.38. The van der Waals surface area contributed by atoms with Gasteiger partial charge in [-0.05, 0) is 40.0 Å². The van der Waals surface area contributed by atoms with Gasteiger partial charge in [-0.1, -0.05) is 0 Å². The minimum atomic E-state index is -0.222. The molecule has 1 heterocycles. The van der Waals surface area contributed by atoms with E-state index in [2.05, 4.69) is 17.6 Å². The first-order valence-corrected chi connectivity index (χ1v) is 7.49. The van der Waals surface area contributed by atoms with E-state index in [1.54, 1.807) is 6.92 Å². The molecule has 118 valence electrons. The molecule has 20 heavy (non-hydrogen) atoms. The van der Waals surface area contributed by atoms with Gasteiger partial charge < -0.3 is 20.5 Å². The van der Waals surface area contributed by atoms with E-state index in [-0.39, 0.29) is 29.5 Å². The highest BCUT2D eigenvalue weighted by Gasteiger charge is 2.32. The summed E-state index contributed by atoms with van der Waals surface area (Å²) in [5.74, 6) is -0.00143. The van der Waals surface area contributed by atoms with Crippen molar-refractivity contribution in [2.45, 2.75) is 58.5 Å². The van der Waals surface area contributed by atoms with Gasteiger partial charge in [-0.15, -0.1) is 0 Å². The average molecular weight is 286 g/mol. The Hall–Kier alpha value is -0.650. The maximum atomic E-state index is 11.2. The molecule has 1 aliphatic rings. The van der Waals surface area contributed by atoms with Gasteiger partial charge in [0.05, 0.1) is 6.61 Å². The van der Waals surface area contributed by atoms with Crippen LogP contribution in [0, 0.1) is 5.41 Å². The molecule has 1 amide bonds. The second-order valence-electron chi connectivity index (χ2n) is 6.82. The maximum Gasteiger partial charge on any atom is 0.217 e. The summed E-state index contributed by atoms with van der Waals surface area (Å²) in [5, 5.41) is 16.1. The standard InChI is InChI=1S/C15H30N2O3/c1-12(9-14(3,4)17-13(2)19)16-10-15(11-18)5-7-20-8-6-15/h12,16,18H,5-11H2,1-4H3,(H,17,19)/t12-/m1/s1. The summed E-state index contributed by atoms with van der Waals surface area (Å²) in [6, 6.07) is 0.281. The van der Waals surface area contributed by atoms with Gasteiger partial charge in [0.2, 0.25) is 5.91 Å². The molecule has 0 aromatic carbocycles. The van der Waals surface area contributed by atoms with Crippen LogP contribution in [0.25, 0.3) is 0 Å². The molecular weight excluding hydrogens is 256 g/mol. The number of rotatable bonds is 7. The third kappa shape index (κ3) is 5.77. The van der Waals surface area contributed by atoms with Crippen molar-refractivity contribution in [2.75, 3.05) is 26.4 Å². The zero-order valence-electron chi connectivity index (χ0n) is 13.3. The van der Waals surface area contributed by atoms with E-state index in [9.17, 15) is 9.90 Å². The molecule has 1 aliphatic heterocycles. The lowest BCUT2D eigenvalue weighted by atomic mass is 9.80. The normalized spacial score (nSPS) is 20.4. The van der Waals surface area contributed by atoms with Crippen LogP contribution in [-0.2, 0) is 9.53 Å². The molecule has 0 spiro atoms. The van der Waals surface area contributed by atoms with E-state index in [1.165, 1.54) is 0 Å². The van der Waals surface area contributed by atoms with Crippen LogP contribution >= 0.6 is 0 Å². The lowest BCUT2D eigenvalue weighted by Gasteiger charge is -2.37. The van der Waals surface area contributed by atoms with Gasteiger partial charge in [-0.25, -0.2) is 0 Å². The summed E-state index contributed by atoms with van der Waals surface area (Å²) < 4.78 is 5.37. The van der Waals surface area contributed by atoms with E-state index in [0.717, 1.165) is 39.0 Å². The van der Waals surface area contributed by atoms with E-state index in [1.807, 2.05) is 13.8 Å². The van der Waals surface area contributed by atoms with Gasteiger partial charge in [0.15, 0.2) is 0 Å². The predicted molar refractivity (Wildman–Crippen MR) is 79.5 cm³/mol. The van der Waals surface area contributed by atoms with Crippen molar-refractivity contribution in [3.05, 3.63) is 0 Å². The van der Waals surface area contributed by atoms with E-state index in [4.69, 9.17) is 4.74 Å². The molecule has 1 atom stereocenters. The van der Waals surface area contributed by atoms with Gasteiger partial charge in [-0.2, -0.15) is 0 Å². The summed E-state index contributed by atoms with van der Waals surface area (Å²) >= 11 is 0. The molecule has 1 fully saturated rings. The molecule has 0 aromatic rings. The van der Waals surface area contributed by atoms with Crippen molar-refractivity contribution in [3.8, 4) is 0 Å². The molecule has 0 aliphatic carbocycles. The predicted octanol–water partition coefficient (Wildman–Crippen LogP) is 1.06. The first kappa shape index (κ1) is 17.4. The number of aliphatic hydroxyl groups is 1. The number of amides is 1. The third-order valence-electron chi connectivity index (χ3n) is 4.05. The fourth-order valence-corrected chi connectivity index (χ4v) is 2.95. The van der Waals surface area contributed by atoms with E-state index in [0.29, 0.717) is 0 Å². The summed E-state index contributed by atoms with van der Waals surface area (Å²) in [7, 11) is 0. The number of aliphatic hydroxyl groups excluding tert-OH is 1. The minimum absolute atomic E-state index is 0.00143. The smallest absolute Gasteiger partial charge is 0.217 e. The number of hydrogen-bond donors (Lipinski definition) is 3. The molecule has 0 aromatic heterocycles. The van der Waals surface area contributed by atoms with Gasteiger partial charge in [0.1, 0.15) is 0 Å². The zero-order valence-corrected chi connectivity index (χ0v) is 13.3. The lowest BCUT2D eigenvalue weighted by Crippen LogP contribution is -2.49. The fourth-order valence-electron chi connectivity index (χ4n) is 2.95. The number of ether oxygens (including phenoxy) is 1. The monoisotopic (exact) mass is 286 g/mol. The maximum absolute atomic E-state index is 11.2. The number of hydrogen-bond acceptors (Lipinski definition) is 4. The molecule has 0 unspecified atom stereocenters. The average Bonchev–Trinajstić information content (AvgIpc) is 2.35. The van der Waals surface area contributed by atoms with Gasteiger partial charge in [0.25, 0.3) is 0 Å². The molecule has 5 heteroatoms. The number of carbonyl (C=O) groups is 1. The van der Waals surface area contributed by atoms with Crippen molar-refractivity contribution in [1.82, 2.24) is 10.6 Å². The van der Waals surface area contributed by atoms with Crippen LogP contribution < -0.4 is 10.6 Å². The van der Waals surface area contributed by atoms with Crippen LogP contribution in [0.15, 0.2) is 0 Å². The Balaban J connectivity index is 2.41. The SMILES string of the molecule is CC(=O)NC(C)(C)C[C@@H](C)NCC1(CO)CCOCC1. The summed E-state index contributed by atoms with van der Waals surface area (Å²) in [6.07, 6.45) is 2.65. The van der Waals surface area contributed by atoms with Crippen molar-refractivity contribution in [2.24, 2.45) is 5.41 Å². The van der Waals surface area contributed by atoms with Crippen molar-refractivity contribution in [1.29, 1.82) is 0 Å². The fraction of sp³-hybridized carbons (Fsp3) is 0.933. The Morgan fingerprint density at radius 1 is 1.40 bits per heavy atom. The van der Waals surface area contributed by atoms with Crippen LogP contribution in [-0.4, -0.2) is 49.0 Å². The van der Waals surface area contributed by atoms with Gasteiger partial charge in [-0.3, -0.25) is 4.79 Å². The number of nitrogens with one attached hydrogen (secondary N) is 2. The first-order valence-electron chi connectivity index (χ1n) is 7.49. The number of carbonyl (C=O) groups excluding carboxylic acids is 1. The van der Waals surface area contributed by atoms with Crippen molar-refractivity contribution >= 4 is 5.91 Å². The van der Waals surface area contributed by atoms with E-state index < -0.39 is 0 Å². The molecule has 1 rings (SSSR count).